The molecule has 0 spiro atoms. The minimum Gasteiger partial charge on any atom is -0.460 e. The van der Waals surface area contributed by atoms with Crippen molar-refractivity contribution in [3.05, 3.63) is 12.2 Å². The number of alkyl carbamates (subject to hydrolysis) is 1. The van der Waals surface area contributed by atoms with E-state index in [0.717, 1.165) is 0 Å². The first kappa shape index (κ1) is 17.4. The summed E-state index contributed by atoms with van der Waals surface area (Å²) in [5, 5.41) is 2.50. The first-order valence-electron chi connectivity index (χ1n) is 5.88. The molecule has 7 nitrogen and oxygen atoms in total. The summed E-state index contributed by atoms with van der Waals surface area (Å²) >= 11 is 0. The van der Waals surface area contributed by atoms with E-state index in [1.807, 2.05) is 0 Å². The van der Waals surface area contributed by atoms with Gasteiger partial charge in [-0.25, -0.2) is 9.59 Å². The van der Waals surface area contributed by atoms with Gasteiger partial charge in [0.1, 0.15) is 13.2 Å². The van der Waals surface area contributed by atoms with Crippen LogP contribution in [-0.2, 0) is 23.7 Å². The molecule has 0 aliphatic heterocycles. The van der Waals surface area contributed by atoms with Crippen LogP contribution < -0.4 is 5.32 Å². The number of hydrogen-bond acceptors (Lipinski definition) is 6. The van der Waals surface area contributed by atoms with E-state index in [9.17, 15) is 9.59 Å². The molecule has 1 amide bonds. The van der Waals surface area contributed by atoms with Gasteiger partial charge in [0.05, 0.1) is 19.8 Å². The van der Waals surface area contributed by atoms with Crippen LogP contribution in [-0.4, -0.2) is 58.8 Å². The van der Waals surface area contributed by atoms with E-state index >= 15 is 0 Å². The largest absolute Gasteiger partial charge is 0.460 e. The Labute approximate surface area is 112 Å². The van der Waals surface area contributed by atoms with Crippen molar-refractivity contribution in [1.29, 1.82) is 0 Å². The van der Waals surface area contributed by atoms with E-state index in [0.29, 0.717) is 25.3 Å². The third kappa shape index (κ3) is 11.2. The van der Waals surface area contributed by atoms with Crippen LogP contribution in [0.25, 0.3) is 0 Å². The molecule has 110 valence electrons. The van der Waals surface area contributed by atoms with Gasteiger partial charge in [-0.2, -0.15) is 0 Å². The topological polar surface area (TPSA) is 83.1 Å². The molecule has 19 heavy (non-hydrogen) atoms. The van der Waals surface area contributed by atoms with Crippen molar-refractivity contribution < 1.29 is 28.5 Å². The van der Waals surface area contributed by atoms with Crippen LogP contribution in [0.5, 0.6) is 0 Å². The van der Waals surface area contributed by atoms with Gasteiger partial charge in [-0.15, -0.1) is 0 Å². The normalized spacial score (nSPS) is 9.79. The number of carbonyl (C=O) groups excluding carboxylic acids is 2. The van der Waals surface area contributed by atoms with Crippen molar-refractivity contribution in [2.75, 3.05) is 46.7 Å². The fourth-order valence-electron chi connectivity index (χ4n) is 0.913. The molecule has 0 aliphatic carbocycles. The molecular weight excluding hydrogens is 254 g/mol. The van der Waals surface area contributed by atoms with Crippen LogP contribution in [0.3, 0.4) is 0 Å². The van der Waals surface area contributed by atoms with Crippen LogP contribution in [0.2, 0.25) is 0 Å². The smallest absolute Gasteiger partial charge is 0.407 e. The minimum absolute atomic E-state index is 0.157. The number of esters is 1. The zero-order valence-corrected chi connectivity index (χ0v) is 11.4. The molecule has 0 saturated carbocycles. The Hall–Kier alpha value is -1.60. The van der Waals surface area contributed by atoms with Crippen molar-refractivity contribution in [1.82, 2.24) is 5.32 Å². The summed E-state index contributed by atoms with van der Waals surface area (Å²) in [7, 11) is 1.52. The Morgan fingerprint density at radius 3 is 2.37 bits per heavy atom. The molecule has 0 rings (SSSR count). The van der Waals surface area contributed by atoms with E-state index in [2.05, 4.69) is 11.9 Å². The molecule has 0 saturated heterocycles. The molecule has 0 radical (unpaired) electrons. The number of amides is 1. The summed E-state index contributed by atoms with van der Waals surface area (Å²) in [5.74, 6) is -0.441. The van der Waals surface area contributed by atoms with Crippen LogP contribution in [0.4, 0.5) is 4.79 Å². The Morgan fingerprint density at radius 2 is 1.74 bits per heavy atom. The lowest BCUT2D eigenvalue weighted by molar-refractivity contribution is -0.140. The summed E-state index contributed by atoms with van der Waals surface area (Å²) in [5.41, 5.74) is 0.348. The molecule has 0 atom stereocenters. The van der Waals surface area contributed by atoms with Gasteiger partial charge in [0.25, 0.3) is 0 Å². The zero-order chi connectivity index (χ0) is 14.5. The molecule has 0 aromatic heterocycles. The van der Waals surface area contributed by atoms with Gasteiger partial charge in [0.15, 0.2) is 0 Å². The lowest BCUT2D eigenvalue weighted by Crippen LogP contribution is -2.29. The third-order valence-corrected chi connectivity index (χ3v) is 1.85. The monoisotopic (exact) mass is 275 g/mol. The highest BCUT2D eigenvalue weighted by atomic mass is 16.6. The molecular formula is C12H21NO6. The van der Waals surface area contributed by atoms with E-state index < -0.39 is 12.1 Å². The SMILES string of the molecule is C=C(C)C(=O)OCCOCCNC(=O)OCCOC. The summed E-state index contributed by atoms with van der Waals surface area (Å²) in [6.45, 7) is 6.64. The lowest BCUT2D eigenvalue weighted by Gasteiger charge is -2.07. The van der Waals surface area contributed by atoms with Crippen LogP contribution in [0, 0.1) is 0 Å². The molecule has 0 heterocycles. The Balaban J connectivity index is 3.29. The fraction of sp³-hybridized carbons (Fsp3) is 0.667. The quantitative estimate of drug-likeness (QED) is 0.355. The fourth-order valence-corrected chi connectivity index (χ4v) is 0.913. The first-order valence-corrected chi connectivity index (χ1v) is 5.88. The molecule has 0 aromatic carbocycles. The highest BCUT2D eigenvalue weighted by Crippen LogP contribution is 1.91. The van der Waals surface area contributed by atoms with Gasteiger partial charge in [-0.3, -0.25) is 0 Å². The number of carbonyl (C=O) groups is 2. The third-order valence-electron chi connectivity index (χ3n) is 1.85. The van der Waals surface area contributed by atoms with Crippen molar-refractivity contribution in [2.24, 2.45) is 0 Å². The molecule has 0 fully saturated rings. The Kier molecular flexibility index (Phi) is 10.5. The minimum atomic E-state index is -0.519. The number of ether oxygens (including phenoxy) is 4. The zero-order valence-electron chi connectivity index (χ0n) is 11.4. The molecule has 7 heteroatoms. The van der Waals surface area contributed by atoms with Gasteiger partial charge >= 0.3 is 12.1 Å². The van der Waals surface area contributed by atoms with Crippen molar-refractivity contribution >= 4 is 12.1 Å². The van der Waals surface area contributed by atoms with Gasteiger partial charge < -0.3 is 24.3 Å². The second-order valence-electron chi connectivity index (χ2n) is 3.58. The average molecular weight is 275 g/mol. The summed E-state index contributed by atoms with van der Waals surface area (Å²) in [4.78, 5) is 22.0. The standard InChI is InChI=1S/C12H21NO6/c1-10(2)11(14)18-9-7-17-5-4-13-12(15)19-8-6-16-3/h1,4-9H2,2-3H3,(H,13,15). The Morgan fingerprint density at radius 1 is 1.05 bits per heavy atom. The van der Waals surface area contributed by atoms with Crippen LogP contribution in [0.15, 0.2) is 12.2 Å². The predicted molar refractivity (Wildman–Crippen MR) is 67.8 cm³/mol. The number of hydrogen-bond donors (Lipinski definition) is 1. The van der Waals surface area contributed by atoms with E-state index in [4.69, 9.17) is 18.9 Å². The van der Waals surface area contributed by atoms with E-state index in [1.165, 1.54) is 7.11 Å². The molecule has 0 aromatic rings. The van der Waals surface area contributed by atoms with Crippen LogP contribution >= 0.6 is 0 Å². The van der Waals surface area contributed by atoms with Gasteiger partial charge in [0.2, 0.25) is 0 Å². The molecule has 0 aliphatic rings. The predicted octanol–water partition coefficient (Wildman–Crippen LogP) is 0.495. The summed E-state index contributed by atoms with van der Waals surface area (Å²) < 4.78 is 19.4. The Bertz CT molecular complexity index is 292. The average Bonchev–Trinajstić information content (AvgIpc) is 2.37. The second-order valence-corrected chi connectivity index (χ2v) is 3.58. The highest BCUT2D eigenvalue weighted by molar-refractivity contribution is 5.86. The summed E-state index contributed by atoms with van der Waals surface area (Å²) in [6.07, 6.45) is -0.519. The van der Waals surface area contributed by atoms with Crippen LogP contribution in [0.1, 0.15) is 6.92 Å². The number of rotatable bonds is 10. The van der Waals surface area contributed by atoms with E-state index in [-0.39, 0.29) is 19.8 Å². The van der Waals surface area contributed by atoms with Crippen molar-refractivity contribution in [3.63, 3.8) is 0 Å². The lowest BCUT2D eigenvalue weighted by atomic mass is 10.4. The maximum Gasteiger partial charge on any atom is 0.407 e. The van der Waals surface area contributed by atoms with Gasteiger partial charge in [-0.1, -0.05) is 6.58 Å². The number of methoxy groups -OCH3 is 1. The van der Waals surface area contributed by atoms with E-state index in [1.54, 1.807) is 6.92 Å². The molecule has 0 unspecified atom stereocenters. The van der Waals surface area contributed by atoms with Crippen molar-refractivity contribution in [2.45, 2.75) is 6.92 Å². The number of nitrogens with one attached hydrogen (secondary N) is 1. The van der Waals surface area contributed by atoms with Crippen molar-refractivity contribution in [3.8, 4) is 0 Å². The highest BCUT2D eigenvalue weighted by Gasteiger charge is 2.02. The van der Waals surface area contributed by atoms with Gasteiger partial charge in [0, 0.05) is 19.2 Å². The van der Waals surface area contributed by atoms with Gasteiger partial charge in [-0.05, 0) is 6.92 Å². The first-order chi connectivity index (χ1) is 9.07. The maximum absolute atomic E-state index is 11.0. The summed E-state index contributed by atoms with van der Waals surface area (Å²) in [6, 6.07) is 0. The molecule has 0 bridgehead atoms. The molecule has 1 N–H and O–H groups in total. The maximum atomic E-state index is 11.0. The second kappa shape index (κ2) is 11.5.